The van der Waals surface area contributed by atoms with E-state index in [0.29, 0.717) is 12.8 Å². The average molecular weight is 931 g/mol. The van der Waals surface area contributed by atoms with Crippen molar-refractivity contribution in [3.05, 3.63) is 182 Å². The van der Waals surface area contributed by atoms with Crippen LogP contribution in [-0.4, -0.2) is 36.4 Å². The highest BCUT2D eigenvalue weighted by Gasteiger charge is 2.16. The Morgan fingerprint density at radius 1 is 0.338 bits per heavy atom. The van der Waals surface area contributed by atoms with E-state index in [4.69, 9.17) is 9.47 Å². The highest BCUT2D eigenvalue weighted by molar-refractivity contribution is 5.70. The van der Waals surface area contributed by atoms with Crippen LogP contribution in [0.2, 0.25) is 0 Å². The van der Waals surface area contributed by atoms with E-state index in [1.54, 1.807) is 0 Å². The van der Waals surface area contributed by atoms with Crippen LogP contribution in [0.4, 0.5) is 0 Å². The third kappa shape index (κ3) is 53.6. The first-order valence-corrected chi connectivity index (χ1v) is 26.3. The van der Waals surface area contributed by atoms with E-state index in [1.807, 2.05) is 0 Å². The third-order valence-electron chi connectivity index (χ3n) is 10.2. The van der Waals surface area contributed by atoms with Gasteiger partial charge in [-0.15, -0.1) is 0 Å². The van der Waals surface area contributed by atoms with Gasteiger partial charge in [0.15, 0.2) is 6.10 Å². The summed E-state index contributed by atoms with van der Waals surface area (Å²) in [6, 6.07) is 0. The van der Waals surface area contributed by atoms with Crippen LogP contribution in [0.5, 0.6) is 0 Å². The van der Waals surface area contributed by atoms with Gasteiger partial charge < -0.3 is 14.6 Å². The van der Waals surface area contributed by atoms with Gasteiger partial charge in [0.2, 0.25) is 0 Å². The molecule has 5 nitrogen and oxygen atoms in total. The van der Waals surface area contributed by atoms with E-state index in [-0.39, 0.29) is 31.6 Å². The Morgan fingerprint density at radius 2 is 0.588 bits per heavy atom. The van der Waals surface area contributed by atoms with Crippen LogP contribution in [0.15, 0.2) is 182 Å². The topological polar surface area (TPSA) is 72.8 Å². The van der Waals surface area contributed by atoms with Crippen molar-refractivity contribution < 1.29 is 24.2 Å². The lowest BCUT2D eigenvalue weighted by molar-refractivity contribution is -0.161. The smallest absolute Gasteiger partial charge is 0.306 e. The van der Waals surface area contributed by atoms with Gasteiger partial charge in [0, 0.05) is 12.8 Å². The third-order valence-corrected chi connectivity index (χ3v) is 10.2. The maximum Gasteiger partial charge on any atom is 0.306 e. The Labute approximate surface area is 416 Å². The van der Waals surface area contributed by atoms with Gasteiger partial charge in [0.25, 0.3) is 0 Å². The number of ether oxygens (including phenoxy) is 2. The van der Waals surface area contributed by atoms with Gasteiger partial charge in [-0.25, -0.2) is 0 Å². The molecule has 0 heterocycles. The molecule has 5 heteroatoms. The molecule has 1 N–H and O–H groups in total. The quantitative estimate of drug-likeness (QED) is 0.0374. The van der Waals surface area contributed by atoms with Crippen LogP contribution >= 0.6 is 0 Å². The van der Waals surface area contributed by atoms with Crippen molar-refractivity contribution in [1.82, 2.24) is 0 Å². The molecule has 0 amide bonds. The van der Waals surface area contributed by atoms with Crippen molar-refractivity contribution in [2.45, 2.75) is 187 Å². The van der Waals surface area contributed by atoms with Gasteiger partial charge >= 0.3 is 11.9 Å². The predicted octanol–water partition coefficient (Wildman–Crippen LogP) is 18.0. The van der Waals surface area contributed by atoms with Crippen molar-refractivity contribution >= 4 is 11.9 Å². The molecule has 0 aliphatic carbocycles. The molecule has 0 aliphatic heterocycles. The molecule has 68 heavy (non-hydrogen) atoms. The summed E-state index contributed by atoms with van der Waals surface area (Å²) >= 11 is 0. The molecule has 0 rings (SSSR count). The number of allylic oxidation sites excluding steroid dienone is 30. The van der Waals surface area contributed by atoms with Crippen molar-refractivity contribution in [1.29, 1.82) is 0 Å². The largest absolute Gasteiger partial charge is 0.462 e. The molecule has 0 aromatic carbocycles. The number of carbonyl (C=O) groups excluding carboxylic acids is 2. The van der Waals surface area contributed by atoms with Crippen LogP contribution in [0.3, 0.4) is 0 Å². The number of carbonyl (C=O) groups is 2. The summed E-state index contributed by atoms with van der Waals surface area (Å²) in [6.45, 7) is 3.84. The Morgan fingerprint density at radius 3 is 0.912 bits per heavy atom. The van der Waals surface area contributed by atoms with Crippen molar-refractivity contribution in [2.75, 3.05) is 13.2 Å². The molecule has 1 unspecified atom stereocenters. The van der Waals surface area contributed by atoms with Crippen LogP contribution in [0.25, 0.3) is 0 Å². The summed E-state index contributed by atoms with van der Waals surface area (Å²) in [5.74, 6) is -0.682. The van der Waals surface area contributed by atoms with Gasteiger partial charge in [-0.3, -0.25) is 9.59 Å². The number of aliphatic hydroxyl groups is 1. The molecule has 376 valence electrons. The normalized spacial score (nSPS) is 13.8. The van der Waals surface area contributed by atoms with E-state index in [2.05, 4.69) is 196 Å². The van der Waals surface area contributed by atoms with E-state index in [9.17, 15) is 14.7 Å². The zero-order valence-corrected chi connectivity index (χ0v) is 42.8. The zero-order chi connectivity index (χ0) is 49.2. The molecular formula is C63H94O5. The SMILES string of the molecule is CC/C=C\C/C=C\C/C=C\C/C=C\C/C=C\C/C=C\C/C=C\C/C=C\C/C=C\C/C=C\CCCCC(=O)OC(CO)COC(=O)CCCCCCC/C=C\C/C=C\C/C=C\C/C=C\C/C=C\CC. The minimum absolute atomic E-state index is 0.108. The minimum Gasteiger partial charge on any atom is -0.462 e. The molecule has 0 bridgehead atoms. The maximum absolute atomic E-state index is 12.3. The van der Waals surface area contributed by atoms with E-state index in [0.717, 1.165) is 148 Å². The second-order valence-electron chi connectivity index (χ2n) is 16.5. The fraction of sp³-hybridized carbons (Fsp3) is 0.492. The lowest BCUT2D eigenvalue weighted by Gasteiger charge is -2.15. The molecule has 1 atom stereocenters. The second-order valence-corrected chi connectivity index (χ2v) is 16.5. The van der Waals surface area contributed by atoms with Gasteiger partial charge in [-0.1, -0.05) is 215 Å². The number of aliphatic hydroxyl groups excluding tert-OH is 1. The van der Waals surface area contributed by atoms with Crippen LogP contribution < -0.4 is 0 Å². The highest BCUT2D eigenvalue weighted by atomic mass is 16.6. The summed E-state index contributed by atoms with van der Waals surface area (Å²) in [7, 11) is 0. The molecule has 0 aliphatic rings. The standard InChI is InChI=1S/C63H94O5/c1-3-5-7-9-11-13-15-17-19-21-23-25-26-27-28-29-30-31-32-33-34-35-36-38-40-42-44-46-48-50-52-54-56-58-63(66)68-61(59-64)60-67-62(65)57-55-53-51-49-47-45-43-41-39-37-24-22-20-18-16-14-12-10-8-6-4-2/h5-8,11-14,17-20,23-25,27-28,30-31,33-34,36-38,41-44,48,50,61,64H,3-4,9-10,15-16,21-22,26,29,32,35,39-40,45-47,49,51-60H2,1-2H3/b7-5-,8-6-,13-11-,14-12-,19-17-,20-18-,25-23-,28-27-,31-30-,34-33-,37-24-,38-36-,43-41-,44-42-,50-48-. The van der Waals surface area contributed by atoms with Crippen molar-refractivity contribution in [3.63, 3.8) is 0 Å². The molecule has 0 aromatic rings. The number of esters is 2. The first kappa shape index (κ1) is 63.0. The summed E-state index contributed by atoms with van der Waals surface area (Å²) in [4.78, 5) is 24.5. The Kier molecular flexibility index (Phi) is 52.2. The highest BCUT2D eigenvalue weighted by Crippen LogP contribution is 2.10. The minimum atomic E-state index is -0.820. The number of unbranched alkanes of at least 4 members (excludes halogenated alkanes) is 7. The Balaban J connectivity index is 3.74. The molecule has 0 radical (unpaired) electrons. The van der Waals surface area contributed by atoms with Gasteiger partial charge in [0.05, 0.1) is 6.61 Å². The summed E-state index contributed by atoms with van der Waals surface area (Å²) in [5.41, 5.74) is 0. The van der Waals surface area contributed by atoms with Crippen molar-refractivity contribution in [2.24, 2.45) is 0 Å². The lowest BCUT2D eigenvalue weighted by Crippen LogP contribution is -2.28. The maximum atomic E-state index is 12.3. The molecular weight excluding hydrogens is 837 g/mol. The molecule has 0 fully saturated rings. The summed E-state index contributed by atoms with van der Waals surface area (Å²) in [6.07, 6.45) is 89.8. The summed E-state index contributed by atoms with van der Waals surface area (Å²) in [5, 5.41) is 9.63. The van der Waals surface area contributed by atoms with Gasteiger partial charge in [-0.2, -0.15) is 0 Å². The van der Waals surface area contributed by atoms with E-state index < -0.39 is 6.10 Å². The number of hydrogen-bond acceptors (Lipinski definition) is 5. The monoisotopic (exact) mass is 931 g/mol. The van der Waals surface area contributed by atoms with Gasteiger partial charge in [-0.05, 0) is 135 Å². The van der Waals surface area contributed by atoms with Crippen LogP contribution in [0, 0.1) is 0 Å². The zero-order valence-electron chi connectivity index (χ0n) is 42.8. The first-order chi connectivity index (χ1) is 33.6. The fourth-order valence-electron chi connectivity index (χ4n) is 6.31. The Hall–Kier alpha value is -5.00. The second kappa shape index (κ2) is 56.3. The van der Waals surface area contributed by atoms with E-state index in [1.165, 1.54) is 0 Å². The molecule has 0 saturated carbocycles. The number of hydrogen-bond donors (Lipinski definition) is 1. The lowest BCUT2D eigenvalue weighted by atomic mass is 10.1. The van der Waals surface area contributed by atoms with Gasteiger partial charge in [0.1, 0.15) is 6.61 Å². The van der Waals surface area contributed by atoms with Crippen molar-refractivity contribution in [3.8, 4) is 0 Å². The molecule has 0 saturated heterocycles. The van der Waals surface area contributed by atoms with Crippen LogP contribution in [0.1, 0.15) is 181 Å². The predicted molar refractivity (Wildman–Crippen MR) is 296 cm³/mol. The summed E-state index contributed by atoms with van der Waals surface area (Å²) < 4.78 is 10.6. The van der Waals surface area contributed by atoms with Crippen LogP contribution in [-0.2, 0) is 19.1 Å². The number of rotatable bonds is 45. The molecule has 0 spiro atoms. The average Bonchev–Trinajstić information content (AvgIpc) is 3.34. The Bertz CT molecular complexity index is 1620. The molecule has 0 aromatic heterocycles. The fourth-order valence-corrected chi connectivity index (χ4v) is 6.31. The first-order valence-electron chi connectivity index (χ1n) is 26.3. The van der Waals surface area contributed by atoms with E-state index >= 15 is 0 Å².